The molecule has 2 rings (SSSR count). The van der Waals surface area contributed by atoms with Gasteiger partial charge in [0.15, 0.2) is 0 Å². The maximum absolute atomic E-state index is 12.7. The topological polar surface area (TPSA) is 49.4 Å². The first kappa shape index (κ1) is 19.7. The molecule has 0 aromatic heterocycles. The average molecular weight is 352 g/mol. The molecule has 0 aliphatic rings. The molecular weight excluding hydrogens is 324 g/mol. The van der Waals surface area contributed by atoms with Gasteiger partial charge in [-0.05, 0) is 50.1 Å². The summed E-state index contributed by atoms with van der Waals surface area (Å²) >= 11 is 0. The molecule has 1 unspecified atom stereocenters. The molecule has 1 N–H and O–H groups in total. The van der Waals surface area contributed by atoms with Crippen LogP contribution in [0.2, 0.25) is 0 Å². The molecule has 4 heteroatoms. The van der Waals surface area contributed by atoms with Crippen molar-refractivity contribution in [3.63, 3.8) is 0 Å². The first-order chi connectivity index (χ1) is 12.6. The minimum absolute atomic E-state index is 0.0131. The molecule has 0 aliphatic heterocycles. The van der Waals surface area contributed by atoms with Gasteiger partial charge in [0.05, 0.1) is 5.92 Å². The highest BCUT2D eigenvalue weighted by Crippen LogP contribution is 2.23. The largest absolute Gasteiger partial charge is 0.339 e. The molecule has 2 aromatic carbocycles. The fraction of sp³-hybridized carbons (Fsp3) is 0.364. The van der Waals surface area contributed by atoms with Gasteiger partial charge in [-0.2, -0.15) is 0 Å². The summed E-state index contributed by atoms with van der Waals surface area (Å²) in [7, 11) is 0. The van der Waals surface area contributed by atoms with Gasteiger partial charge in [0.25, 0.3) is 5.91 Å². The van der Waals surface area contributed by atoms with Crippen LogP contribution in [-0.4, -0.2) is 29.8 Å². The maximum atomic E-state index is 12.7. The first-order valence-corrected chi connectivity index (χ1v) is 9.35. The predicted molar refractivity (Wildman–Crippen MR) is 106 cm³/mol. The Kier molecular flexibility index (Phi) is 7.39. The summed E-state index contributed by atoms with van der Waals surface area (Å²) < 4.78 is 0. The molecule has 0 saturated heterocycles. The SMILES string of the molecule is CCCC(C(=O)Nc1ccc(C(=O)N(CC)CC)cc1)c1ccccc1. The summed E-state index contributed by atoms with van der Waals surface area (Å²) in [4.78, 5) is 26.9. The zero-order valence-electron chi connectivity index (χ0n) is 15.9. The summed E-state index contributed by atoms with van der Waals surface area (Å²) in [6.45, 7) is 7.38. The molecule has 26 heavy (non-hydrogen) atoms. The number of carbonyl (C=O) groups is 2. The standard InChI is InChI=1S/C22H28N2O2/c1-4-10-20(17-11-8-7-9-12-17)21(25)23-19-15-13-18(14-16-19)22(26)24(5-2)6-3/h7-9,11-16,20H,4-6,10H2,1-3H3,(H,23,25). The van der Waals surface area contributed by atoms with Crippen molar-refractivity contribution in [2.24, 2.45) is 0 Å². The average Bonchev–Trinajstić information content (AvgIpc) is 2.68. The summed E-state index contributed by atoms with van der Waals surface area (Å²) in [5.41, 5.74) is 2.38. The van der Waals surface area contributed by atoms with Gasteiger partial charge in [0.1, 0.15) is 0 Å². The van der Waals surface area contributed by atoms with Gasteiger partial charge >= 0.3 is 0 Å². The second-order valence-electron chi connectivity index (χ2n) is 6.30. The molecule has 2 amide bonds. The number of hydrogen-bond donors (Lipinski definition) is 1. The molecule has 0 bridgehead atoms. The van der Waals surface area contributed by atoms with E-state index in [9.17, 15) is 9.59 Å². The van der Waals surface area contributed by atoms with Crippen LogP contribution in [-0.2, 0) is 4.79 Å². The zero-order valence-corrected chi connectivity index (χ0v) is 15.9. The number of hydrogen-bond acceptors (Lipinski definition) is 2. The summed E-state index contributed by atoms with van der Waals surface area (Å²) in [5, 5.41) is 2.98. The van der Waals surface area contributed by atoms with E-state index in [0.29, 0.717) is 24.3 Å². The van der Waals surface area contributed by atoms with Crippen molar-refractivity contribution >= 4 is 17.5 Å². The molecule has 138 valence electrons. The van der Waals surface area contributed by atoms with E-state index in [0.717, 1.165) is 18.4 Å². The van der Waals surface area contributed by atoms with E-state index in [1.165, 1.54) is 0 Å². The molecule has 0 fully saturated rings. The summed E-state index contributed by atoms with van der Waals surface area (Å²) in [5.74, 6) is -0.167. The van der Waals surface area contributed by atoms with Gasteiger partial charge in [0, 0.05) is 24.3 Å². The van der Waals surface area contributed by atoms with Gasteiger partial charge in [-0.1, -0.05) is 43.7 Å². The third kappa shape index (κ3) is 4.94. The van der Waals surface area contributed by atoms with Gasteiger partial charge in [-0.3, -0.25) is 9.59 Å². The Morgan fingerprint density at radius 2 is 1.54 bits per heavy atom. The first-order valence-electron chi connectivity index (χ1n) is 9.35. The van der Waals surface area contributed by atoms with E-state index < -0.39 is 0 Å². The number of nitrogens with zero attached hydrogens (tertiary/aromatic N) is 1. The lowest BCUT2D eigenvalue weighted by Gasteiger charge is -2.19. The number of amides is 2. The fourth-order valence-corrected chi connectivity index (χ4v) is 3.04. The smallest absolute Gasteiger partial charge is 0.253 e. The van der Waals surface area contributed by atoms with Crippen LogP contribution >= 0.6 is 0 Å². The molecule has 0 heterocycles. The van der Waals surface area contributed by atoms with E-state index in [-0.39, 0.29) is 17.7 Å². The van der Waals surface area contributed by atoms with Crippen molar-refractivity contribution in [3.8, 4) is 0 Å². The van der Waals surface area contributed by atoms with E-state index in [1.807, 2.05) is 44.2 Å². The normalized spacial score (nSPS) is 11.7. The van der Waals surface area contributed by atoms with Gasteiger partial charge in [-0.15, -0.1) is 0 Å². The molecular formula is C22H28N2O2. The lowest BCUT2D eigenvalue weighted by molar-refractivity contribution is -0.117. The van der Waals surface area contributed by atoms with Crippen LogP contribution in [0.5, 0.6) is 0 Å². The third-order valence-electron chi connectivity index (χ3n) is 4.55. The van der Waals surface area contributed by atoms with E-state index in [1.54, 1.807) is 29.2 Å². The van der Waals surface area contributed by atoms with Crippen LogP contribution in [0.4, 0.5) is 5.69 Å². The van der Waals surface area contributed by atoms with Gasteiger partial charge in [-0.25, -0.2) is 0 Å². The Bertz CT molecular complexity index is 707. The number of nitrogens with one attached hydrogen (secondary N) is 1. The summed E-state index contributed by atoms with van der Waals surface area (Å²) in [6.07, 6.45) is 1.73. The Hall–Kier alpha value is -2.62. The molecule has 0 spiro atoms. The number of carbonyl (C=O) groups excluding carboxylic acids is 2. The molecule has 4 nitrogen and oxygen atoms in total. The highest BCUT2D eigenvalue weighted by molar-refractivity contribution is 5.97. The van der Waals surface area contributed by atoms with Crippen molar-refractivity contribution in [3.05, 3.63) is 65.7 Å². The second kappa shape index (κ2) is 9.76. The van der Waals surface area contributed by atoms with E-state index in [4.69, 9.17) is 0 Å². The zero-order chi connectivity index (χ0) is 18.9. The van der Waals surface area contributed by atoms with E-state index in [2.05, 4.69) is 12.2 Å². The minimum Gasteiger partial charge on any atom is -0.339 e. The number of rotatable bonds is 8. The highest BCUT2D eigenvalue weighted by Gasteiger charge is 2.20. The Labute approximate surface area is 156 Å². The summed E-state index contributed by atoms with van der Waals surface area (Å²) in [6, 6.07) is 17.0. The van der Waals surface area contributed by atoms with Crippen LogP contribution < -0.4 is 5.32 Å². The van der Waals surface area contributed by atoms with Crippen molar-refractivity contribution < 1.29 is 9.59 Å². The van der Waals surface area contributed by atoms with Gasteiger partial charge in [0.2, 0.25) is 5.91 Å². The van der Waals surface area contributed by atoms with Gasteiger partial charge < -0.3 is 10.2 Å². The highest BCUT2D eigenvalue weighted by atomic mass is 16.2. The maximum Gasteiger partial charge on any atom is 0.253 e. The Morgan fingerprint density at radius 3 is 2.08 bits per heavy atom. The molecule has 2 aromatic rings. The van der Waals surface area contributed by atoms with E-state index >= 15 is 0 Å². The van der Waals surface area contributed by atoms with Crippen molar-refractivity contribution in [2.75, 3.05) is 18.4 Å². The van der Waals surface area contributed by atoms with Crippen LogP contribution in [0, 0.1) is 0 Å². The lowest BCUT2D eigenvalue weighted by Crippen LogP contribution is -2.30. The molecule has 0 radical (unpaired) electrons. The Balaban J connectivity index is 2.09. The molecule has 1 atom stereocenters. The van der Waals surface area contributed by atoms with Crippen LogP contribution in [0.1, 0.15) is 55.5 Å². The monoisotopic (exact) mass is 352 g/mol. The van der Waals surface area contributed by atoms with Crippen LogP contribution in [0.15, 0.2) is 54.6 Å². The minimum atomic E-state index is -0.168. The Morgan fingerprint density at radius 1 is 0.923 bits per heavy atom. The van der Waals surface area contributed by atoms with Crippen molar-refractivity contribution in [2.45, 2.75) is 39.5 Å². The molecule has 0 saturated carbocycles. The quantitative estimate of drug-likeness (QED) is 0.749. The lowest BCUT2D eigenvalue weighted by atomic mass is 9.93. The molecule has 0 aliphatic carbocycles. The number of benzene rings is 2. The predicted octanol–water partition coefficient (Wildman–Crippen LogP) is 4.69. The van der Waals surface area contributed by atoms with Crippen LogP contribution in [0.3, 0.4) is 0 Å². The number of anilines is 1. The van der Waals surface area contributed by atoms with Crippen molar-refractivity contribution in [1.29, 1.82) is 0 Å². The van der Waals surface area contributed by atoms with Crippen molar-refractivity contribution in [1.82, 2.24) is 4.90 Å². The van der Waals surface area contributed by atoms with Crippen LogP contribution in [0.25, 0.3) is 0 Å². The second-order valence-corrected chi connectivity index (χ2v) is 6.30. The fourth-order valence-electron chi connectivity index (χ4n) is 3.04. The third-order valence-corrected chi connectivity index (χ3v) is 4.55.